The van der Waals surface area contributed by atoms with Crippen molar-refractivity contribution in [3.8, 4) is 5.82 Å². The molecule has 0 radical (unpaired) electrons. The van der Waals surface area contributed by atoms with Crippen LogP contribution in [0, 0.1) is 20.8 Å². The number of carbonyl (C=O) groups excluding carboxylic acids is 1. The van der Waals surface area contributed by atoms with Crippen LogP contribution in [0.25, 0.3) is 5.82 Å². The number of rotatable bonds is 5. The lowest BCUT2D eigenvalue weighted by Gasteiger charge is -2.35. The van der Waals surface area contributed by atoms with Crippen molar-refractivity contribution >= 4 is 27.4 Å². The Balaban J connectivity index is 1.48. The average Bonchev–Trinajstić information content (AvgIpc) is 3.11. The molecular formula is C22H27N7O3S. The van der Waals surface area contributed by atoms with E-state index in [2.05, 4.69) is 25.2 Å². The third kappa shape index (κ3) is 4.60. The Morgan fingerprint density at radius 1 is 0.970 bits per heavy atom. The highest BCUT2D eigenvalue weighted by atomic mass is 32.2. The molecule has 1 amide bonds. The number of nitrogens with one attached hydrogen (secondary N) is 1. The molecule has 1 aliphatic rings. The van der Waals surface area contributed by atoms with Crippen molar-refractivity contribution < 1.29 is 13.2 Å². The van der Waals surface area contributed by atoms with E-state index in [1.54, 1.807) is 31.5 Å². The second kappa shape index (κ2) is 8.91. The van der Waals surface area contributed by atoms with Gasteiger partial charge in [-0.1, -0.05) is 0 Å². The highest BCUT2D eigenvalue weighted by Crippen LogP contribution is 2.25. The van der Waals surface area contributed by atoms with Crippen LogP contribution in [-0.4, -0.2) is 64.3 Å². The molecule has 1 N–H and O–H groups in total. The molecule has 0 bridgehead atoms. The van der Waals surface area contributed by atoms with E-state index in [-0.39, 0.29) is 10.8 Å². The third-order valence-electron chi connectivity index (χ3n) is 5.81. The number of benzene rings is 1. The molecule has 1 saturated heterocycles. The van der Waals surface area contributed by atoms with Crippen LogP contribution in [0.1, 0.15) is 23.9 Å². The van der Waals surface area contributed by atoms with Crippen molar-refractivity contribution in [3.05, 3.63) is 53.9 Å². The number of anilines is 2. The Labute approximate surface area is 193 Å². The van der Waals surface area contributed by atoms with E-state index in [0.29, 0.717) is 37.4 Å². The number of imidazole rings is 1. The van der Waals surface area contributed by atoms with E-state index in [4.69, 9.17) is 0 Å². The van der Waals surface area contributed by atoms with Gasteiger partial charge in [-0.2, -0.15) is 4.31 Å². The number of hydrogen-bond donors (Lipinski definition) is 1. The maximum Gasteiger partial charge on any atom is 0.243 e. The largest absolute Gasteiger partial charge is 0.354 e. The lowest BCUT2D eigenvalue weighted by Crippen LogP contribution is -2.49. The standard InChI is InChI=1S/C22H27N7O3S/c1-15-11-19(26-18(4)30)5-6-20(15)33(31,32)28-9-7-27(8-10-28)21-12-22(24-13-23-21)29-14-25-16(2)17(29)3/h5-6,11-14H,7-10H2,1-4H3,(H,26,30). The summed E-state index contributed by atoms with van der Waals surface area (Å²) < 4.78 is 29.9. The van der Waals surface area contributed by atoms with Gasteiger partial charge in [0.2, 0.25) is 15.9 Å². The molecule has 10 nitrogen and oxygen atoms in total. The fourth-order valence-electron chi connectivity index (χ4n) is 3.89. The Bertz CT molecular complexity index is 1300. The first-order chi connectivity index (χ1) is 15.7. The molecule has 33 heavy (non-hydrogen) atoms. The highest BCUT2D eigenvalue weighted by molar-refractivity contribution is 7.89. The molecule has 0 aliphatic carbocycles. The molecule has 0 atom stereocenters. The number of amides is 1. The number of nitrogens with zero attached hydrogens (tertiary/aromatic N) is 6. The maximum atomic E-state index is 13.2. The van der Waals surface area contributed by atoms with Gasteiger partial charge in [0.1, 0.15) is 24.3 Å². The Morgan fingerprint density at radius 2 is 1.67 bits per heavy atom. The number of carbonyl (C=O) groups is 1. The van der Waals surface area contributed by atoms with Gasteiger partial charge >= 0.3 is 0 Å². The molecule has 3 heterocycles. The molecular weight excluding hydrogens is 442 g/mol. The van der Waals surface area contributed by atoms with Gasteiger partial charge in [-0.25, -0.2) is 23.4 Å². The van der Waals surface area contributed by atoms with Crippen molar-refractivity contribution in [2.24, 2.45) is 0 Å². The van der Waals surface area contributed by atoms with Crippen molar-refractivity contribution in [1.29, 1.82) is 0 Å². The predicted molar refractivity (Wildman–Crippen MR) is 125 cm³/mol. The van der Waals surface area contributed by atoms with E-state index in [1.165, 1.54) is 17.6 Å². The van der Waals surface area contributed by atoms with Crippen molar-refractivity contribution in [2.45, 2.75) is 32.6 Å². The first-order valence-corrected chi connectivity index (χ1v) is 12.1. The van der Waals surface area contributed by atoms with Crippen LogP contribution in [0.4, 0.5) is 11.5 Å². The number of sulfonamides is 1. The van der Waals surface area contributed by atoms with Gasteiger partial charge < -0.3 is 10.2 Å². The minimum Gasteiger partial charge on any atom is -0.354 e. The molecule has 1 aliphatic heterocycles. The van der Waals surface area contributed by atoms with E-state index >= 15 is 0 Å². The van der Waals surface area contributed by atoms with Crippen molar-refractivity contribution in [1.82, 2.24) is 23.8 Å². The first kappa shape index (κ1) is 22.9. The van der Waals surface area contributed by atoms with E-state index in [9.17, 15) is 13.2 Å². The van der Waals surface area contributed by atoms with Gasteiger partial charge in [0.15, 0.2) is 0 Å². The Morgan fingerprint density at radius 3 is 2.27 bits per heavy atom. The summed E-state index contributed by atoms with van der Waals surface area (Å²) in [7, 11) is -3.65. The summed E-state index contributed by atoms with van der Waals surface area (Å²) in [4.78, 5) is 26.7. The van der Waals surface area contributed by atoms with Gasteiger partial charge in [-0.3, -0.25) is 9.36 Å². The van der Waals surface area contributed by atoms with Gasteiger partial charge in [0, 0.05) is 50.6 Å². The summed E-state index contributed by atoms with van der Waals surface area (Å²) in [5.41, 5.74) is 3.12. The monoisotopic (exact) mass is 469 g/mol. The minimum atomic E-state index is -3.65. The summed E-state index contributed by atoms with van der Waals surface area (Å²) in [6.45, 7) is 8.80. The second-order valence-corrected chi connectivity index (χ2v) is 9.98. The van der Waals surface area contributed by atoms with Crippen LogP contribution in [0.5, 0.6) is 0 Å². The zero-order chi connectivity index (χ0) is 23.8. The maximum absolute atomic E-state index is 13.2. The quantitative estimate of drug-likeness (QED) is 0.608. The molecule has 11 heteroatoms. The number of hydrogen-bond acceptors (Lipinski definition) is 7. The molecule has 0 spiro atoms. The Hall–Kier alpha value is -3.31. The number of aromatic nitrogens is 4. The van der Waals surface area contributed by atoms with E-state index < -0.39 is 10.0 Å². The minimum absolute atomic E-state index is 0.202. The molecule has 174 valence electrons. The van der Waals surface area contributed by atoms with Crippen molar-refractivity contribution in [2.75, 3.05) is 36.4 Å². The first-order valence-electron chi connectivity index (χ1n) is 10.6. The van der Waals surface area contributed by atoms with Crippen LogP contribution in [0.2, 0.25) is 0 Å². The lowest BCUT2D eigenvalue weighted by molar-refractivity contribution is -0.114. The zero-order valence-electron chi connectivity index (χ0n) is 19.1. The number of piperazine rings is 1. The molecule has 0 unspecified atom stereocenters. The Kier molecular flexibility index (Phi) is 6.17. The fourth-order valence-corrected chi connectivity index (χ4v) is 5.52. The fraction of sp³-hybridized carbons (Fsp3) is 0.364. The summed E-state index contributed by atoms with van der Waals surface area (Å²) in [5, 5.41) is 2.68. The van der Waals surface area contributed by atoms with Crippen LogP contribution < -0.4 is 10.2 Å². The van der Waals surface area contributed by atoms with E-state index in [0.717, 1.165) is 23.0 Å². The summed E-state index contributed by atoms with van der Waals surface area (Å²) in [6.07, 6.45) is 3.25. The van der Waals surface area contributed by atoms with Gasteiger partial charge in [-0.15, -0.1) is 0 Å². The zero-order valence-corrected chi connectivity index (χ0v) is 19.9. The van der Waals surface area contributed by atoms with Crippen LogP contribution in [0.15, 0.2) is 41.8 Å². The van der Waals surface area contributed by atoms with Gasteiger partial charge in [0.25, 0.3) is 0 Å². The SMILES string of the molecule is CC(=O)Nc1ccc(S(=O)(=O)N2CCN(c3cc(-n4cnc(C)c4C)ncn3)CC2)c(C)c1. The van der Waals surface area contributed by atoms with Crippen LogP contribution in [-0.2, 0) is 14.8 Å². The summed E-state index contributed by atoms with van der Waals surface area (Å²) in [5.74, 6) is 1.27. The van der Waals surface area contributed by atoms with Gasteiger partial charge in [0.05, 0.1) is 10.6 Å². The number of aryl methyl sites for hydroxylation is 2. The summed E-state index contributed by atoms with van der Waals surface area (Å²) in [6, 6.07) is 6.73. The predicted octanol–water partition coefficient (Wildman–Crippen LogP) is 2.06. The normalized spacial score (nSPS) is 15.0. The molecule has 1 fully saturated rings. The molecule has 3 aromatic rings. The van der Waals surface area contributed by atoms with E-state index in [1.807, 2.05) is 24.5 Å². The van der Waals surface area contributed by atoms with Crippen LogP contribution in [0.3, 0.4) is 0 Å². The smallest absolute Gasteiger partial charge is 0.243 e. The molecule has 4 rings (SSSR count). The highest BCUT2D eigenvalue weighted by Gasteiger charge is 2.30. The summed E-state index contributed by atoms with van der Waals surface area (Å²) >= 11 is 0. The van der Waals surface area contributed by atoms with Crippen LogP contribution >= 0.6 is 0 Å². The molecule has 0 saturated carbocycles. The molecule has 1 aromatic carbocycles. The van der Waals surface area contributed by atoms with Gasteiger partial charge in [-0.05, 0) is 44.5 Å². The topological polar surface area (TPSA) is 113 Å². The van der Waals surface area contributed by atoms with Crippen molar-refractivity contribution in [3.63, 3.8) is 0 Å². The second-order valence-electron chi connectivity index (χ2n) is 8.07. The molecule has 2 aromatic heterocycles. The third-order valence-corrected chi connectivity index (χ3v) is 7.87. The lowest BCUT2D eigenvalue weighted by atomic mass is 10.2. The average molecular weight is 470 g/mol.